The normalized spacial score (nSPS) is 12.9. The van der Waals surface area contributed by atoms with Gasteiger partial charge in [-0.1, -0.05) is 30.3 Å². The summed E-state index contributed by atoms with van der Waals surface area (Å²) in [6.45, 7) is 6.00. The van der Waals surface area contributed by atoms with E-state index in [0.717, 1.165) is 39.2 Å². The summed E-state index contributed by atoms with van der Waals surface area (Å²) >= 11 is 0. The molecule has 0 radical (unpaired) electrons. The van der Waals surface area contributed by atoms with Crippen LogP contribution in [0.2, 0.25) is 0 Å². The molecule has 0 aliphatic heterocycles. The van der Waals surface area contributed by atoms with Gasteiger partial charge in [-0.25, -0.2) is 8.42 Å². The Labute approximate surface area is 248 Å². The predicted octanol–water partition coefficient (Wildman–Crippen LogP) is 5.75. The zero-order chi connectivity index (χ0) is 31.4. The maximum Gasteiger partial charge on any atom is 0.417 e. The standard InChI is InChI=1S/C31H33F3N4O4S/c1-4-36-27-28(30(40)29(27)39)37-15-7-8-17-38(43(41,42)26-13-6-5-12-25(26)31(32,33)34)21(3)22-10-9-11-23(18-22)24-14-16-35-19-20(24)2/h5-6,9-14,16,18-19,21,36-37H,4,7-8,15,17H2,1-3H3/t21-/m0/s1. The Kier molecular flexibility index (Phi) is 9.71. The Balaban J connectivity index is 1.62. The third-order valence-corrected chi connectivity index (χ3v) is 9.31. The molecule has 43 heavy (non-hydrogen) atoms. The Hall–Kier alpha value is -4.03. The highest BCUT2D eigenvalue weighted by atomic mass is 32.2. The van der Waals surface area contributed by atoms with Crippen LogP contribution in [0.1, 0.15) is 49.4 Å². The first-order valence-corrected chi connectivity index (χ1v) is 15.3. The topological polar surface area (TPSA) is 108 Å². The number of nitrogens with zero attached hydrogens (tertiary/aromatic N) is 2. The average Bonchev–Trinajstić information content (AvgIpc) is 2.99. The molecule has 0 fully saturated rings. The Morgan fingerprint density at radius 1 is 0.953 bits per heavy atom. The zero-order valence-corrected chi connectivity index (χ0v) is 24.8. The molecule has 4 rings (SSSR count). The lowest BCUT2D eigenvalue weighted by atomic mass is 9.98. The minimum atomic E-state index is -4.87. The lowest BCUT2D eigenvalue weighted by Crippen LogP contribution is -2.38. The smallest absolute Gasteiger partial charge is 0.380 e. The van der Waals surface area contributed by atoms with Gasteiger partial charge < -0.3 is 10.6 Å². The molecule has 1 atom stereocenters. The first kappa shape index (κ1) is 31.9. The summed E-state index contributed by atoms with van der Waals surface area (Å²) in [5.41, 5.74) is 1.22. The number of benzene rings is 2. The second-order valence-corrected chi connectivity index (χ2v) is 12.0. The van der Waals surface area contributed by atoms with E-state index in [4.69, 9.17) is 0 Å². The first-order valence-electron chi connectivity index (χ1n) is 13.9. The van der Waals surface area contributed by atoms with Crippen molar-refractivity contribution in [2.45, 2.75) is 50.7 Å². The Bertz CT molecular complexity index is 1770. The van der Waals surface area contributed by atoms with E-state index in [1.54, 1.807) is 38.4 Å². The van der Waals surface area contributed by atoms with E-state index in [1.165, 1.54) is 6.07 Å². The minimum Gasteiger partial charge on any atom is -0.380 e. The van der Waals surface area contributed by atoms with Crippen LogP contribution in [0.3, 0.4) is 0 Å². The van der Waals surface area contributed by atoms with Crippen LogP contribution in [0, 0.1) is 6.92 Å². The molecule has 0 amide bonds. The van der Waals surface area contributed by atoms with E-state index in [9.17, 15) is 31.2 Å². The summed E-state index contributed by atoms with van der Waals surface area (Å²) in [7, 11) is -4.61. The second kappa shape index (κ2) is 13.1. The van der Waals surface area contributed by atoms with Gasteiger partial charge in [0, 0.05) is 38.1 Å². The number of nitrogens with one attached hydrogen (secondary N) is 2. The molecule has 8 nitrogen and oxygen atoms in total. The summed E-state index contributed by atoms with van der Waals surface area (Å²) < 4.78 is 70.7. The minimum absolute atomic E-state index is 0.0815. The lowest BCUT2D eigenvalue weighted by Gasteiger charge is -2.30. The molecule has 4 aromatic rings. The molecular weight excluding hydrogens is 581 g/mol. The number of rotatable bonds is 13. The van der Waals surface area contributed by atoms with Gasteiger partial charge in [0.25, 0.3) is 10.9 Å². The van der Waals surface area contributed by atoms with Crippen molar-refractivity contribution in [3.63, 3.8) is 0 Å². The van der Waals surface area contributed by atoms with Crippen molar-refractivity contribution in [1.29, 1.82) is 0 Å². The van der Waals surface area contributed by atoms with Crippen molar-refractivity contribution < 1.29 is 21.6 Å². The highest BCUT2D eigenvalue weighted by molar-refractivity contribution is 7.89. The van der Waals surface area contributed by atoms with Crippen molar-refractivity contribution in [3.8, 4) is 11.1 Å². The van der Waals surface area contributed by atoms with Gasteiger partial charge in [0.05, 0.1) is 10.5 Å². The van der Waals surface area contributed by atoms with Crippen LogP contribution in [-0.2, 0) is 16.2 Å². The fraction of sp³-hybridized carbons (Fsp3) is 0.323. The molecule has 1 aromatic heterocycles. The van der Waals surface area contributed by atoms with Crippen LogP contribution in [0.5, 0.6) is 0 Å². The van der Waals surface area contributed by atoms with Gasteiger partial charge in [0.2, 0.25) is 10.0 Å². The van der Waals surface area contributed by atoms with Crippen LogP contribution >= 0.6 is 0 Å². The number of unbranched alkanes of at least 4 members (excludes halogenated alkanes) is 1. The molecule has 0 aliphatic rings. The Morgan fingerprint density at radius 3 is 2.33 bits per heavy atom. The lowest BCUT2D eigenvalue weighted by molar-refractivity contribution is -0.139. The van der Waals surface area contributed by atoms with Gasteiger partial charge in [-0.2, -0.15) is 17.5 Å². The number of anilines is 2. The van der Waals surface area contributed by atoms with E-state index in [1.807, 2.05) is 25.1 Å². The van der Waals surface area contributed by atoms with Gasteiger partial charge in [0.1, 0.15) is 11.4 Å². The van der Waals surface area contributed by atoms with Gasteiger partial charge >= 0.3 is 6.18 Å². The first-order chi connectivity index (χ1) is 20.4. The maximum atomic E-state index is 13.9. The predicted molar refractivity (Wildman–Crippen MR) is 161 cm³/mol. The molecule has 12 heteroatoms. The summed E-state index contributed by atoms with van der Waals surface area (Å²) in [4.78, 5) is 27.0. The third-order valence-electron chi connectivity index (χ3n) is 7.28. The number of alkyl halides is 3. The van der Waals surface area contributed by atoms with Crippen LogP contribution in [-0.4, -0.2) is 37.3 Å². The van der Waals surface area contributed by atoms with Crippen LogP contribution < -0.4 is 21.5 Å². The van der Waals surface area contributed by atoms with Gasteiger partial charge in [-0.15, -0.1) is 0 Å². The highest BCUT2D eigenvalue weighted by Crippen LogP contribution is 2.38. The monoisotopic (exact) mass is 614 g/mol. The van der Waals surface area contributed by atoms with E-state index in [2.05, 4.69) is 15.6 Å². The van der Waals surface area contributed by atoms with Crippen molar-refractivity contribution in [2.24, 2.45) is 0 Å². The molecule has 1 heterocycles. The summed E-state index contributed by atoms with van der Waals surface area (Å²) in [6, 6.07) is 12.4. The SMILES string of the molecule is CCNc1c(NCCCCN([C@@H](C)c2cccc(-c3ccncc3C)c2)S(=O)(=O)c2ccccc2C(F)(F)F)c(=O)c1=O. The average molecular weight is 615 g/mol. The summed E-state index contributed by atoms with van der Waals surface area (Å²) in [6.07, 6.45) is -0.831. The van der Waals surface area contributed by atoms with Gasteiger partial charge in [-0.3, -0.25) is 14.6 Å². The molecular formula is C31H33F3N4O4S. The largest absolute Gasteiger partial charge is 0.417 e. The fourth-order valence-corrected chi connectivity index (χ4v) is 6.89. The zero-order valence-electron chi connectivity index (χ0n) is 24.0. The number of halogens is 3. The van der Waals surface area contributed by atoms with Crippen LogP contribution in [0.4, 0.5) is 24.5 Å². The van der Waals surface area contributed by atoms with E-state index in [-0.39, 0.29) is 30.9 Å². The molecule has 0 bridgehead atoms. The molecule has 2 N–H and O–H groups in total. The molecule has 0 aliphatic carbocycles. The molecule has 228 valence electrons. The second-order valence-electron chi connectivity index (χ2n) is 10.2. The van der Waals surface area contributed by atoms with Crippen molar-refractivity contribution in [3.05, 3.63) is 104 Å². The summed E-state index contributed by atoms with van der Waals surface area (Å²) in [5, 5.41) is 5.77. The molecule has 0 unspecified atom stereocenters. The number of hydrogen-bond acceptors (Lipinski definition) is 7. The quantitative estimate of drug-likeness (QED) is 0.146. The van der Waals surface area contributed by atoms with Crippen LogP contribution in [0.15, 0.2) is 81.5 Å². The van der Waals surface area contributed by atoms with Crippen LogP contribution in [0.25, 0.3) is 11.1 Å². The van der Waals surface area contributed by atoms with Gasteiger partial charge in [-0.05, 0) is 80.1 Å². The summed E-state index contributed by atoms with van der Waals surface area (Å²) in [5.74, 6) is 0. The third kappa shape index (κ3) is 6.80. The van der Waals surface area contributed by atoms with E-state index in [0.29, 0.717) is 18.5 Å². The molecule has 0 saturated carbocycles. The number of aryl methyl sites for hydroxylation is 1. The molecule has 3 aromatic carbocycles. The molecule has 0 saturated heterocycles. The van der Waals surface area contributed by atoms with E-state index >= 15 is 0 Å². The number of hydrogen-bond donors (Lipinski definition) is 2. The van der Waals surface area contributed by atoms with Crippen molar-refractivity contribution in [2.75, 3.05) is 30.3 Å². The maximum absolute atomic E-state index is 13.9. The Morgan fingerprint density at radius 2 is 1.65 bits per heavy atom. The van der Waals surface area contributed by atoms with Crippen molar-refractivity contribution in [1.82, 2.24) is 9.29 Å². The number of sulfonamides is 1. The number of pyridine rings is 1. The van der Waals surface area contributed by atoms with Crippen molar-refractivity contribution >= 4 is 21.4 Å². The number of aromatic nitrogens is 1. The fourth-order valence-electron chi connectivity index (χ4n) is 5.02. The highest BCUT2D eigenvalue weighted by Gasteiger charge is 2.40. The molecule has 0 spiro atoms. The van der Waals surface area contributed by atoms with E-state index < -0.39 is 43.6 Å². The van der Waals surface area contributed by atoms with Gasteiger partial charge in [0.15, 0.2) is 0 Å².